The third-order valence-corrected chi connectivity index (χ3v) is 3.21. The molecule has 1 aliphatic rings. The van der Waals surface area contributed by atoms with Crippen LogP contribution >= 0.6 is 0 Å². The van der Waals surface area contributed by atoms with E-state index in [1.807, 2.05) is 12.1 Å². The highest BCUT2D eigenvalue weighted by Gasteiger charge is 2.37. The fraction of sp³-hybridized carbons (Fsp3) is 0.538. The molecule has 1 aromatic rings. The fourth-order valence-electron chi connectivity index (χ4n) is 2.16. The first-order valence-corrected chi connectivity index (χ1v) is 6.05. The summed E-state index contributed by atoms with van der Waals surface area (Å²) < 4.78 is 36.6. The molecule has 0 aliphatic carbocycles. The van der Waals surface area contributed by atoms with Crippen molar-refractivity contribution in [3.63, 3.8) is 0 Å². The summed E-state index contributed by atoms with van der Waals surface area (Å²) in [6.07, 6.45) is -4.89. The van der Waals surface area contributed by atoms with Crippen molar-refractivity contribution in [1.82, 2.24) is 0 Å². The summed E-state index contributed by atoms with van der Waals surface area (Å²) in [7, 11) is 0. The first-order chi connectivity index (χ1) is 8.47. The number of benzene rings is 1. The van der Waals surface area contributed by atoms with Gasteiger partial charge in [-0.25, -0.2) is 0 Å². The highest BCUT2D eigenvalue weighted by atomic mass is 19.4. The summed E-state index contributed by atoms with van der Waals surface area (Å²) in [5, 5.41) is 8.98. The number of aliphatic hydroxyl groups excluding tert-OH is 1. The molecule has 1 unspecified atom stereocenters. The summed E-state index contributed by atoms with van der Waals surface area (Å²) in [6.45, 7) is 2.01. The van der Waals surface area contributed by atoms with Gasteiger partial charge in [0.1, 0.15) is 0 Å². The van der Waals surface area contributed by atoms with E-state index < -0.39 is 12.3 Å². The van der Waals surface area contributed by atoms with E-state index in [1.54, 1.807) is 12.1 Å². The van der Waals surface area contributed by atoms with Crippen molar-refractivity contribution in [2.24, 2.45) is 0 Å². The smallest absolute Gasteiger partial charge is 0.383 e. The quantitative estimate of drug-likeness (QED) is 0.902. The molecule has 1 fully saturated rings. The van der Waals surface area contributed by atoms with Crippen LogP contribution in [0.25, 0.3) is 0 Å². The number of aliphatic hydroxyl groups is 1. The molecule has 1 atom stereocenters. The minimum atomic E-state index is -4.55. The molecule has 1 saturated heterocycles. The van der Waals surface area contributed by atoms with E-state index in [4.69, 9.17) is 5.11 Å². The van der Waals surface area contributed by atoms with Crippen LogP contribution in [0.2, 0.25) is 0 Å². The van der Waals surface area contributed by atoms with E-state index in [0.29, 0.717) is 5.56 Å². The fourth-order valence-corrected chi connectivity index (χ4v) is 2.16. The first kappa shape index (κ1) is 13.2. The molecule has 0 aromatic heterocycles. The van der Waals surface area contributed by atoms with Crippen molar-refractivity contribution in [2.75, 3.05) is 18.0 Å². The predicted molar refractivity (Wildman–Crippen MR) is 63.7 cm³/mol. The van der Waals surface area contributed by atoms with Crippen LogP contribution in [-0.2, 0) is 6.42 Å². The Kier molecular flexibility index (Phi) is 3.80. The lowest BCUT2D eigenvalue weighted by Crippen LogP contribution is -2.30. The zero-order valence-electron chi connectivity index (χ0n) is 9.95. The minimum Gasteiger partial charge on any atom is -0.383 e. The van der Waals surface area contributed by atoms with Crippen LogP contribution in [0.1, 0.15) is 18.4 Å². The molecular weight excluding hydrogens is 243 g/mol. The molecule has 0 bridgehead atoms. The predicted octanol–water partition coefficient (Wildman–Crippen LogP) is 2.75. The molecule has 2 nitrogen and oxygen atoms in total. The summed E-state index contributed by atoms with van der Waals surface area (Å²) in [5.74, 6) is 0. The average molecular weight is 259 g/mol. The van der Waals surface area contributed by atoms with Crippen LogP contribution in [0.4, 0.5) is 18.9 Å². The van der Waals surface area contributed by atoms with E-state index in [0.717, 1.165) is 31.6 Å². The zero-order valence-corrected chi connectivity index (χ0v) is 9.95. The standard InChI is InChI=1S/C13H16F3NO/c14-13(15,16)12(18)9-10-3-5-11(6-4-10)17-7-1-2-8-17/h3-6,12,18H,1-2,7-9H2. The maximum absolute atomic E-state index is 12.2. The summed E-state index contributed by atoms with van der Waals surface area (Å²) in [5.41, 5.74) is 1.54. The Morgan fingerprint density at radius 1 is 1.11 bits per heavy atom. The van der Waals surface area contributed by atoms with Gasteiger partial charge in [0.2, 0.25) is 0 Å². The molecule has 1 N–H and O–H groups in total. The van der Waals surface area contributed by atoms with Gasteiger partial charge in [-0.3, -0.25) is 0 Å². The van der Waals surface area contributed by atoms with Gasteiger partial charge in [-0.05, 0) is 30.5 Å². The molecule has 100 valence electrons. The van der Waals surface area contributed by atoms with E-state index in [1.165, 1.54) is 0 Å². The lowest BCUT2D eigenvalue weighted by Gasteiger charge is -2.18. The van der Waals surface area contributed by atoms with Crippen LogP contribution in [0.15, 0.2) is 24.3 Å². The maximum Gasteiger partial charge on any atom is 0.414 e. The lowest BCUT2D eigenvalue weighted by atomic mass is 10.1. The average Bonchev–Trinajstić information content (AvgIpc) is 2.82. The molecule has 5 heteroatoms. The van der Waals surface area contributed by atoms with E-state index in [-0.39, 0.29) is 6.42 Å². The highest BCUT2D eigenvalue weighted by Crippen LogP contribution is 2.25. The Morgan fingerprint density at radius 2 is 1.67 bits per heavy atom. The van der Waals surface area contributed by atoms with E-state index >= 15 is 0 Å². The lowest BCUT2D eigenvalue weighted by molar-refractivity contribution is -0.203. The van der Waals surface area contributed by atoms with Crippen LogP contribution < -0.4 is 4.90 Å². The zero-order chi connectivity index (χ0) is 13.2. The van der Waals surface area contributed by atoms with Crippen LogP contribution in [0.5, 0.6) is 0 Å². The molecule has 0 radical (unpaired) electrons. The second kappa shape index (κ2) is 5.18. The van der Waals surface area contributed by atoms with Crippen LogP contribution in [0.3, 0.4) is 0 Å². The third kappa shape index (κ3) is 3.16. The Hall–Kier alpha value is -1.23. The van der Waals surface area contributed by atoms with Crippen LogP contribution in [-0.4, -0.2) is 30.5 Å². The van der Waals surface area contributed by atoms with Gasteiger partial charge in [0.15, 0.2) is 6.10 Å². The van der Waals surface area contributed by atoms with Gasteiger partial charge in [-0.15, -0.1) is 0 Å². The maximum atomic E-state index is 12.2. The van der Waals surface area contributed by atoms with Gasteiger partial charge < -0.3 is 10.0 Å². The van der Waals surface area contributed by atoms with Gasteiger partial charge in [-0.2, -0.15) is 13.2 Å². The molecule has 2 rings (SSSR count). The van der Waals surface area contributed by atoms with E-state index in [2.05, 4.69) is 4.90 Å². The Balaban J connectivity index is 1.99. The van der Waals surface area contributed by atoms with Gasteiger partial charge in [0.25, 0.3) is 0 Å². The van der Waals surface area contributed by atoms with Gasteiger partial charge >= 0.3 is 6.18 Å². The second-order valence-electron chi connectivity index (χ2n) is 4.62. The highest BCUT2D eigenvalue weighted by molar-refractivity contribution is 5.48. The molecule has 0 spiro atoms. The van der Waals surface area contributed by atoms with Crippen molar-refractivity contribution in [3.8, 4) is 0 Å². The SMILES string of the molecule is OC(Cc1ccc(N2CCCC2)cc1)C(F)(F)F. The third-order valence-electron chi connectivity index (χ3n) is 3.21. The summed E-state index contributed by atoms with van der Waals surface area (Å²) >= 11 is 0. The van der Waals surface area contributed by atoms with Crippen molar-refractivity contribution in [1.29, 1.82) is 0 Å². The first-order valence-electron chi connectivity index (χ1n) is 6.05. The normalized spacial score (nSPS) is 18.1. The van der Waals surface area contributed by atoms with Crippen molar-refractivity contribution in [2.45, 2.75) is 31.5 Å². The molecule has 1 heterocycles. The number of hydrogen-bond acceptors (Lipinski definition) is 2. The van der Waals surface area contributed by atoms with Crippen molar-refractivity contribution in [3.05, 3.63) is 29.8 Å². The second-order valence-corrected chi connectivity index (χ2v) is 4.62. The number of rotatable bonds is 3. The Morgan fingerprint density at radius 3 is 2.17 bits per heavy atom. The molecule has 18 heavy (non-hydrogen) atoms. The van der Waals surface area contributed by atoms with Crippen molar-refractivity contribution >= 4 is 5.69 Å². The van der Waals surface area contributed by atoms with Crippen LogP contribution in [0, 0.1) is 0 Å². The monoisotopic (exact) mass is 259 g/mol. The molecular formula is C13H16F3NO. The van der Waals surface area contributed by atoms with Gasteiger partial charge in [0.05, 0.1) is 0 Å². The largest absolute Gasteiger partial charge is 0.414 e. The number of alkyl halides is 3. The number of hydrogen-bond donors (Lipinski definition) is 1. The number of halogens is 3. The molecule has 1 aromatic carbocycles. The van der Waals surface area contributed by atoms with Gasteiger partial charge in [-0.1, -0.05) is 12.1 Å². The summed E-state index contributed by atoms with van der Waals surface area (Å²) in [6, 6.07) is 6.96. The Labute approximate surface area is 104 Å². The van der Waals surface area contributed by atoms with Crippen molar-refractivity contribution < 1.29 is 18.3 Å². The molecule has 0 saturated carbocycles. The summed E-state index contributed by atoms with van der Waals surface area (Å²) in [4.78, 5) is 2.21. The Bertz CT molecular complexity index is 382. The number of nitrogens with zero attached hydrogens (tertiary/aromatic N) is 1. The number of anilines is 1. The van der Waals surface area contributed by atoms with E-state index in [9.17, 15) is 13.2 Å². The molecule has 0 amide bonds. The van der Waals surface area contributed by atoms with Gasteiger partial charge in [0, 0.05) is 25.2 Å². The molecule has 1 aliphatic heterocycles. The topological polar surface area (TPSA) is 23.5 Å². The minimum absolute atomic E-state index is 0.385.